The van der Waals surface area contributed by atoms with Gasteiger partial charge in [-0.05, 0) is 50.1 Å². The fourth-order valence-electron chi connectivity index (χ4n) is 4.13. The number of halogens is 1. The normalized spacial score (nSPS) is 14.9. The number of hydrogen-bond donors (Lipinski definition) is 0. The summed E-state index contributed by atoms with van der Waals surface area (Å²) in [4.78, 5) is 43.4. The minimum atomic E-state index is -0.685. The SMILES string of the molecule is CCOC(=O)C1=C(C)N=c2s/c(=C/c3cc(OC)c(OCC(=O)OC)cc3Br)c(=O)n2[C@@H]1c1ccc(C)cc1. The fraction of sp³-hybridized carbons (Fsp3) is 0.286. The molecule has 11 heteroatoms. The highest BCUT2D eigenvalue weighted by Crippen LogP contribution is 2.34. The highest BCUT2D eigenvalue weighted by molar-refractivity contribution is 9.10. The number of aryl methyl sites for hydroxylation is 1. The summed E-state index contributed by atoms with van der Waals surface area (Å²) >= 11 is 4.74. The minimum absolute atomic E-state index is 0.204. The van der Waals surface area contributed by atoms with Gasteiger partial charge in [0.2, 0.25) is 0 Å². The van der Waals surface area contributed by atoms with Crippen molar-refractivity contribution in [1.82, 2.24) is 4.57 Å². The van der Waals surface area contributed by atoms with Crippen molar-refractivity contribution in [3.8, 4) is 11.5 Å². The Bertz CT molecular complexity index is 1640. The van der Waals surface area contributed by atoms with Crippen LogP contribution >= 0.6 is 27.3 Å². The van der Waals surface area contributed by atoms with Gasteiger partial charge in [-0.15, -0.1) is 0 Å². The number of hydrogen-bond acceptors (Lipinski definition) is 9. The number of esters is 2. The standard InChI is InChI=1S/C28H27BrN2O7S/c1-6-37-27(34)24-16(3)30-28-31(25(24)17-9-7-15(2)8-10-17)26(33)22(39-28)12-18-11-20(35-4)21(13-19(18)29)38-14-23(32)36-5/h7-13,25H,6,14H2,1-5H3/b22-12+/t25-/m1/s1. The third kappa shape index (κ3) is 5.84. The van der Waals surface area contributed by atoms with Crippen LogP contribution in [-0.4, -0.2) is 43.9 Å². The van der Waals surface area contributed by atoms with Crippen molar-refractivity contribution in [1.29, 1.82) is 0 Å². The van der Waals surface area contributed by atoms with Gasteiger partial charge < -0.3 is 18.9 Å². The van der Waals surface area contributed by atoms with Gasteiger partial charge in [0, 0.05) is 4.47 Å². The van der Waals surface area contributed by atoms with Crippen molar-refractivity contribution in [2.75, 3.05) is 27.4 Å². The summed E-state index contributed by atoms with van der Waals surface area (Å²) in [5.74, 6) is -0.325. The molecule has 1 aliphatic rings. The molecule has 0 saturated carbocycles. The maximum atomic E-state index is 13.8. The molecule has 1 atom stereocenters. The third-order valence-corrected chi connectivity index (χ3v) is 7.72. The summed E-state index contributed by atoms with van der Waals surface area (Å²) in [6.45, 7) is 5.38. The number of nitrogens with zero attached hydrogens (tertiary/aromatic N) is 2. The quantitative estimate of drug-likeness (QED) is 0.358. The third-order valence-electron chi connectivity index (χ3n) is 6.05. The molecular weight excluding hydrogens is 588 g/mol. The van der Waals surface area contributed by atoms with Gasteiger partial charge in [0.15, 0.2) is 22.9 Å². The van der Waals surface area contributed by atoms with E-state index in [0.29, 0.717) is 42.1 Å². The molecule has 0 aliphatic carbocycles. The smallest absolute Gasteiger partial charge is 0.343 e. The molecule has 9 nitrogen and oxygen atoms in total. The Morgan fingerprint density at radius 2 is 1.85 bits per heavy atom. The fourth-order valence-corrected chi connectivity index (χ4v) is 5.60. The average Bonchev–Trinajstić information content (AvgIpc) is 3.22. The molecule has 3 aromatic rings. The van der Waals surface area contributed by atoms with Crippen LogP contribution in [0.25, 0.3) is 6.08 Å². The number of ether oxygens (including phenoxy) is 4. The first-order chi connectivity index (χ1) is 18.7. The molecule has 0 radical (unpaired) electrons. The van der Waals surface area contributed by atoms with E-state index >= 15 is 0 Å². The van der Waals surface area contributed by atoms with Gasteiger partial charge in [-0.2, -0.15) is 0 Å². The molecule has 0 unspecified atom stereocenters. The number of methoxy groups -OCH3 is 2. The zero-order chi connectivity index (χ0) is 28.3. The number of thiazole rings is 1. The Morgan fingerprint density at radius 3 is 2.49 bits per heavy atom. The highest BCUT2D eigenvalue weighted by Gasteiger charge is 2.33. The molecule has 0 N–H and O–H groups in total. The number of allylic oxidation sites excluding steroid dienone is 1. The molecule has 4 rings (SSSR count). The van der Waals surface area contributed by atoms with Crippen LogP contribution in [0.1, 0.15) is 36.6 Å². The molecule has 1 aromatic heterocycles. The van der Waals surface area contributed by atoms with E-state index in [9.17, 15) is 14.4 Å². The summed E-state index contributed by atoms with van der Waals surface area (Å²) in [6.07, 6.45) is 1.72. The summed E-state index contributed by atoms with van der Waals surface area (Å²) < 4.78 is 23.5. The first-order valence-corrected chi connectivity index (χ1v) is 13.6. The number of fused-ring (bicyclic) bond motifs is 1. The van der Waals surface area contributed by atoms with Crippen molar-refractivity contribution in [2.24, 2.45) is 4.99 Å². The van der Waals surface area contributed by atoms with E-state index in [-0.39, 0.29) is 18.8 Å². The maximum Gasteiger partial charge on any atom is 0.343 e. The summed E-state index contributed by atoms with van der Waals surface area (Å²) in [5, 5.41) is 0. The van der Waals surface area contributed by atoms with E-state index in [1.54, 1.807) is 36.6 Å². The zero-order valence-electron chi connectivity index (χ0n) is 22.1. The Kier molecular flexibility index (Phi) is 8.71. The highest BCUT2D eigenvalue weighted by atomic mass is 79.9. The number of carbonyl (C=O) groups excluding carboxylic acids is 2. The monoisotopic (exact) mass is 614 g/mol. The van der Waals surface area contributed by atoms with E-state index in [1.807, 2.05) is 31.2 Å². The van der Waals surface area contributed by atoms with Crippen molar-refractivity contribution >= 4 is 45.3 Å². The molecule has 2 heterocycles. The second kappa shape index (κ2) is 12.0. The first-order valence-electron chi connectivity index (χ1n) is 12.0. The number of benzene rings is 2. The van der Waals surface area contributed by atoms with Crippen molar-refractivity contribution in [3.05, 3.63) is 88.5 Å². The predicted octanol–water partition coefficient (Wildman–Crippen LogP) is 3.43. The van der Waals surface area contributed by atoms with Crippen molar-refractivity contribution < 1.29 is 28.5 Å². The second-order valence-corrected chi connectivity index (χ2v) is 10.5. The summed E-state index contributed by atoms with van der Waals surface area (Å²) in [6, 6.07) is 10.4. The molecule has 0 fully saturated rings. The Labute approximate surface area is 237 Å². The molecular formula is C28H27BrN2O7S. The van der Waals surface area contributed by atoms with E-state index < -0.39 is 18.0 Å². The van der Waals surface area contributed by atoms with Crippen LogP contribution in [0.5, 0.6) is 11.5 Å². The molecule has 0 saturated heterocycles. The molecule has 0 spiro atoms. The van der Waals surface area contributed by atoms with E-state index in [1.165, 1.54) is 25.6 Å². The topological polar surface area (TPSA) is 105 Å². The lowest BCUT2D eigenvalue weighted by Crippen LogP contribution is -2.39. The lowest BCUT2D eigenvalue weighted by molar-refractivity contribution is -0.143. The van der Waals surface area contributed by atoms with Crippen LogP contribution in [0.4, 0.5) is 0 Å². The molecule has 39 heavy (non-hydrogen) atoms. The van der Waals surface area contributed by atoms with E-state index in [0.717, 1.165) is 11.1 Å². The molecule has 1 aliphatic heterocycles. The van der Waals surface area contributed by atoms with Crippen LogP contribution in [0.15, 0.2) is 61.9 Å². The molecule has 204 valence electrons. The zero-order valence-corrected chi connectivity index (χ0v) is 24.5. The molecule has 0 bridgehead atoms. The van der Waals surface area contributed by atoms with Crippen molar-refractivity contribution in [2.45, 2.75) is 26.8 Å². The number of rotatable bonds is 8. The lowest BCUT2D eigenvalue weighted by Gasteiger charge is -2.24. The summed E-state index contributed by atoms with van der Waals surface area (Å²) in [5.41, 5.74) is 3.02. The van der Waals surface area contributed by atoms with Crippen molar-refractivity contribution in [3.63, 3.8) is 0 Å². The molecule has 0 amide bonds. The Balaban J connectivity index is 1.86. The van der Waals surface area contributed by atoms with Crippen LogP contribution in [0, 0.1) is 6.92 Å². The minimum Gasteiger partial charge on any atom is -0.493 e. The average molecular weight is 616 g/mol. The second-order valence-electron chi connectivity index (χ2n) is 8.60. The van der Waals surface area contributed by atoms with Crippen LogP contribution < -0.4 is 24.4 Å². The Morgan fingerprint density at radius 1 is 1.13 bits per heavy atom. The van der Waals surface area contributed by atoms with Gasteiger partial charge in [-0.25, -0.2) is 14.6 Å². The van der Waals surface area contributed by atoms with E-state index in [4.69, 9.17) is 14.2 Å². The predicted molar refractivity (Wildman–Crippen MR) is 150 cm³/mol. The number of aromatic nitrogens is 1. The van der Waals surface area contributed by atoms with Crippen LogP contribution in [0.2, 0.25) is 0 Å². The van der Waals surface area contributed by atoms with Gasteiger partial charge in [-0.1, -0.05) is 57.1 Å². The van der Waals surface area contributed by atoms with Gasteiger partial charge in [0.25, 0.3) is 5.56 Å². The largest absolute Gasteiger partial charge is 0.493 e. The number of carbonyl (C=O) groups is 2. The van der Waals surface area contributed by atoms with Crippen LogP contribution in [0.3, 0.4) is 0 Å². The van der Waals surface area contributed by atoms with Gasteiger partial charge in [-0.3, -0.25) is 9.36 Å². The first kappa shape index (κ1) is 28.3. The maximum absolute atomic E-state index is 13.8. The Hall–Kier alpha value is -3.70. The lowest BCUT2D eigenvalue weighted by atomic mass is 9.95. The van der Waals surface area contributed by atoms with E-state index in [2.05, 4.69) is 25.7 Å². The van der Waals surface area contributed by atoms with Gasteiger partial charge >= 0.3 is 11.9 Å². The van der Waals surface area contributed by atoms with Gasteiger partial charge in [0.05, 0.1) is 42.7 Å². The summed E-state index contributed by atoms with van der Waals surface area (Å²) in [7, 11) is 2.76. The van der Waals surface area contributed by atoms with Crippen LogP contribution in [-0.2, 0) is 19.1 Å². The molecule has 2 aromatic carbocycles. The van der Waals surface area contributed by atoms with Gasteiger partial charge in [0.1, 0.15) is 0 Å².